The average Bonchev–Trinajstić information content (AvgIpc) is 3.12. The average molecular weight is 418 g/mol. The number of nitrogens with zero attached hydrogens (tertiary/aromatic N) is 3. The molecule has 1 aromatic heterocycles. The number of carbonyl (C=O) groups is 2. The van der Waals surface area contributed by atoms with E-state index in [-0.39, 0.29) is 17.8 Å². The summed E-state index contributed by atoms with van der Waals surface area (Å²) in [4.78, 5) is 27.5. The zero-order valence-corrected chi connectivity index (χ0v) is 18.0. The SMILES string of the molecule is CCOC(=O)[C@H]1CCCN(C(=O)c2c(CC)nn(-c3cccc(Cl)c3)c2CC)C1. The smallest absolute Gasteiger partial charge is 0.310 e. The quantitative estimate of drug-likeness (QED) is 0.664. The van der Waals surface area contributed by atoms with Crippen molar-refractivity contribution < 1.29 is 14.3 Å². The molecular weight excluding hydrogens is 390 g/mol. The van der Waals surface area contributed by atoms with Crippen LogP contribution in [0.1, 0.15) is 55.4 Å². The van der Waals surface area contributed by atoms with E-state index in [0.29, 0.717) is 43.1 Å². The van der Waals surface area contributed by atoms with E-state index in [1.807, 2.05) is 42.8 Å². The van der Waals surface area contributed by atoms with Gasteiger partial charge in [-0.05, 0) is 50.8 Å². The number of piperidine rings is 1. The van der Waals surface area contributed by atoms with Gasteiger partial charge in [0.25, 0.3) is 5.91 Å². The van der Waals surface area contributed by atoms with Crippen molar-refractivity contribution in [3.63, 3.8) is 0 Å². The molecule has 0 unspecified atom stereocenters. The molecule has 6 nitrogen and oxygen atoms in total. The lowest BCUT2D eigenvalue weighted by Crippen LogP contribution is -2.43. The van der Waals surface area contributed by atoms with Crippen molar-refractivity contribution >= 4 is 23.5 Å². The zero-order chi connectivity index (χ0) is 21.0. The van der Waals surface area contributed by atoms with Crippen LogP contribution in [-0.4, -0.2) is 46.3 Å². The molecule has 1 saturated heterocycles. The number of hydrogen-bond donors (Lipinski definition) is 0. The van der Waals surface area contributed by atoms with Gasteiger partial charge in [0.2, 0.25) is 0 Å². The van der Waals surface area contributed by atoms with Gasteiger partial charge in [-0.2, -0.15) is 5.10 Å². The summed E-state index contributed by atoms with van der Waals surface area (Å²) in [6, 6.07) is 7.47. The number of likely N-dealkylation sites (tertiary alicyclic amines) is 1. The maximum Gasteiger partial charge on any atom is 0.310 e. The third-order valence-corrected chi connectivity index (χ3v) is 5.55. The third-order valence-electron chi connectivity index (χ3n) is 5.32. The Morgan fingerprint density at radius 1 is 1.24 bits per heavy atom. The Morgan fingerprint density at radius 2 is 2.03 bits per heavy atom. The number of aromatic nitrogens is 2. The second-order valence-corrected chi connectivity index (χ2v) is 7.65. The number of hydrogen-bond acceptors (Lipinski definition) is 4. The highest BCUT2D eigenvalue weighted by molar-refractivity contribution is 6.30. The lowest BCUT2D eigenvalue weighted by molar-refractivity contribution is -0.149. The zero-order valence-electron chi connectivity index (χ0n) is 17.3. The van der Waals surface area contributed by atoms with Crippen LogP contribution in [-0.2, 0) is 22.4 Å². The standard InChI is InChI=1S/C22H28ClN3O3/c1-4-18-20(19(5-2)26(24-18)17-11-7-10-16(23)13-17)21(27)25-12-8-9-15(14-25)22(28)29-6-3/h7,10-11,13,15H,4-6,8-9,12,14H2,1-3H3/t15-/m0/s1. The first kappa shape index (κ1) is 21.4. The topological polar surface area (TPSA) is 64.4 Å². The summed E-state index contributed by atoms with van der Waals surface area (Å²) < 4.78 is 7.00. The molecule has 0 spiro atoms. The van der Waals surface area contributed by atoms with Crippen molar-refractivity contribution in [2.24, 2.45) is 5.92 Å². The van der Waals surface area contributed by atoms with E-state index in [4.69, 9.17) is 21.4 Å². The molecule has 1 aromatic carbocycles. The van der Waals surface area contributed by atoms with Crippen molar-refractivity contribution in [3.05, 3.63) is 46.2 Å². The molecule has 2 heterocycles. The van der Waals surface area contributed by atoms with Crippen LogP contribution in [0.25, 0.3) is 5.69 Å². The van der Waals surface area contributed by atoms with Crippen molar-refractivity contribution in [1.29, 1.82) is 0 Å². The Bertz CT molecular complexity index is 893. The number of ether oxygens (including phenoxy) is 1. The van der Waals surface area contributed by atoms with E-state index < -0.39 is 0 Å². The summed E-state index contributed by atoms with van der Waals surface area (Å²) in [6.45, 7) is 7.21. The molecule has 1 atom stereocenters. The Hall–Kier alpha value is -2.34. The first-order chi connectivity index (χ1) is 14.0. The van der Waals surface area contributed by atoms with Gasteiger partial charge in [0.05, 0.1) is 35.2 Å². The summed E-state index contributed by atoms with van der Waals surface area (Å²) in [5.74, 6) is -0.530. The van der Waals surface area contributed by atoms with Gasteiger partial charge >= 0.3 is 5.97 Å². The predicted octanol–water partition coefficient (Wildman–Crippen LogP) is 4.07. The minimum Gasteiger partial charge on any atom is -0.466 e. The molecule has 29 heavy (non-hydrogen) atoms. The number of carbonyl (C=O) groups excluding carboxylic acids is 2. The van der Waals surface area contributed by atoms with Gasteiger partial charge in [-0.1, -0.05) is 31.5 Å². The second-order valence-electron chi connectivity index (χ2n) is 7.21. The molecule has 0 aliphatic carbocycles. The van der Waals surface area contributed by atoms with Crippen molar-refractivity contribution in [1.82, 2.24) is 14.7 Å². The van der Waals surface area contributed by atoms with Crippen LogP contribution in [0.15, 0.2) is 24.3 Å². The third kappa shape index (κ3) is 4.47. The van der Waals surface area contributed by atoms with Gasteiger partial charge in [-0.3, -0.25) is 9.59 Å². The van der Waals surface area contributed by atoms with E-state index in [1.54, 1.807) is 11.8 Å². The molecule has 3 rings (SSSR count). The van der Waals surface area contributed by atoms with E-state index in [9.17, 15) is 9.59 Å². The monoisotopic (exact) mass is 417 g/mol. The van der Waals surface area contributed by atoms with Gasteiger partial charge < -0.3 is 9.64 Å². The van der Waals surface area contributed by atoms with Crippen LogP contribution in [0.3, 0.4) is 0 Å². The Kier molecular flexibility index (Phi) is 6.96. The highest BCUT2D eigenvalue weighted by Crippen LogP contribution is 2.26. The molecule has 1 aliphatic heterocycles. The number of aryl methyl sites for hydroxylation is 1. The molecular formula is C22H28ClN3O3. The molecule has 0 saturated carbocycles. The van der Waals surface area contributed by atoms with E-state index >= 15 is 0 Å². The van der Waals surface area contributed by atoms with Crippen LogP contribution >= 0.6 is 11.6 Å². The summed E-state index contributed by atoms with van der Waals surface area (Å²) in [5.41, 5.74) is 3.13. The van der Waals surface area contributed by atoms with Crippen molar-refractivity contribution in [3.8, 4) is 5.69 Å². The molecule has 7 heteroatoms. The molecule has 1 aliphatic rings. The first-order valence-corrected chi connectivity index (χ1v) is 10.7. The predicted molar refractivity (Wildman–Crippen MR) is 113 cm³/mol. The number of benzene rings is 1. The molecule has 2 aromatic rings. The van der Waals surface area contributed by atoms with Gasteiger partial charge in [0.1, 0.15) is 0 Å². The summed E-state index contributed by atoms with van der Waals surface area (Å²) >= 11 is 6.17. The van der Waals surface area contributed by atoms with Crippen molar-refractivity contribution in [2.45, 2.75) is 46.5 Å². The maximum atomic E-state index is 13.5. The fourth-order valence-corrected chi connectivity index (χ4v) is 4.10. The first-order valence-electron chi connectivity index (χ1n) is 10.3. The van der Waals surface area contributed by atoms with Crippen LogP contribution in [0.4, 0.5) is 0 Å². The minimum absolute atomic E-state index is 0.0547. The molecule has 0 N–H and O–H groups in total. The fraction of sp³-hybridized carbons (Fsp3) is 0.500. The molecule has 0 bridgehead atoms. The number of rotatable bonds is 6. The fourth-order valence-electron chi connectivity index (χ4n) is 3.92. The second kappa shape index (κ2) is 9.44. The molecule has 1 amide bonds. The maximum absolute atomic E-state index is 13.5. The van der Waals surface area contributed by atoms with Crippen molar-refractivity contribution in [2.75, 3.05) is 19.7 Å². The number of halogens is 1. The molecule has 156 valence electrons. The molecule has 1 fully saturated rings. The highest BCUT2D eigenvalue weighted by Gasteiger charge is 2.33. The minimum atomic E-state index is -0.259. The Labute approximate surface area is 176 Å². The summed E-state index contributed by atoms with van der Waals surface area (Å²) in [6.07, 6.45) is 2.86. The van der Waals surface area contributed by atoms with Gasteiger partial charge in [-0.15, -0.1) is 0 Å². The van der Waals surface area contributed by atoms with E-state index in [1.165, 1.54) is 0 Å². The van der Waals surface area contributed by atoms with E-state index in [2.05, 4.69) is 0 Å². The van der Waals surface area contributed by atoms with E-state index in [0.717, 1.165) is 29.9 Å². The molecule has 0 radical (unpaired) electrons. The van der Waals surface area contributed by atoms with Crippen LogP contribution in [0, 0.1) is 5.92 Å². The largest absolute Gasteiger partial charge is 0.466 e. The van der Waals surface area contributed by atoms with Gasteiger partial charge in [-0.25, -0.2) is 4.68 Å². The lowest BCUT2D eigenvalue weighted by Gasteiger charge is -2.31. The Balaban J connectivity index is 1.95. The highest BCUT2D eigenvalue weighted by atomic mass is 35.5. The van der Waals surface area contributed by atoms with Gasteiger partial charge in [0, 0.05) is 18.1 Å². The lowest BCUT2D eigenvalue weighted by atomic mass is 9.97. The van der Waals surface area contributed by atoms with Gasteiger partial charge in [0.15, 0.2) is 0 Å². The number of esters is 1. The van der Waals surface area contributed by atoms with Crippen LogP contribution in [0.5, 0.6) is 0 Å². The van der Waals surface area contributed by atoms with Crippen LogP contribution in [0.2, 0.25) is 5.02 Å². The normalized spacial score (nSPS) is 16.7. The van der Waals surface area contributed by atoms with Crippen LogP contribution < -0.4 is 0 Å². The summed E-state index contributed by atoms with van der Waals surface area (Å²) in [7, 11) is 0. The Morgan fingerprint density at radius 3 is 2.69 bits per heavy atom. The summed E-state index contributed by atoms with van der Waals surface area (Å²) in [5, 5.41) is 5.35. The number of amides is 1.